The number of nitrogens with one attached hydrogen (secondary N) is 1. The standard InChI is InChI=1S/C30H34N4O2/c1-5-19-13-23-24(14-26(19)34-10-8-20(9-11-34)33(4)21-16-36-17-21)30(2,3)29-27(28(23)35)22-7-6-18(15-31)12-25(22)32-29/h6-7,12-14,20-21,32H,5,8-11,16-17H2,1-4H3. The third kappa shape index (κ3) is 3.41. The molecule has 186 valence electrons. The van der Waals surface area contributed by atoms with Crippen molar-refractivity contribution in [2.75, 3.05) is 38.3 Å². The third-order valence-corrected chi connectivity index (χ3v) is 8.87. The number of nitriles is 1. The zero-order chi connectivity index (χ0) is 25.2. The highest BCUT2D eigenvalue weighted by molar-refractivity contribution is 6.20. The molecule has 0 spiro atoms. The second kappa shape index (κ2) is 8.47. The predicted octanol–water partition coefficient (Wildman–Crippen LogP) is 4.77. The van der Waals surface area contributed by atoms with Crippen molar-refractivity contribution in [2.24, 2.45) is 0 Å². The number of ketones is 1. The Bertz CT molecular complexity index is 1400. The van der Waals surface area contributed by atoms with Crippen LogP contribution in [0.2, 0.25) is 0 Å². The molecule has 2 saturated heterocycles. The van der Waals surface area contributed by atoms with Crippen LogP contribution < -0.4 is 4.90 Å². The number of likely N-dealkylation sites (N-methyl/N-ethyl adjacent to an activating group) is 1. The van der Waals surface area contributed by atoms with Crippen molar-refractivity contribution in [3.05, 3.63) is 63.8 Å². The molecule has 6 rings (SSSR count). The molecule has 3 aliphatic rings. The van der Waals surface area contributed by atoms with Gasteiger partial charge in [0.05, 0.1) is 36.5 Å². The molecule has 0 radical (unpaired) electrons. The number of hydrogen-bond donors (Lipinski definition) is 1. The summed E-state index contributed by atoms with van der Waals surface area (Å²) in [7, 11) is 2.25. The summed E-state index contributed by atoms with van der Waals surface area (Å²) in [4.78, 5) is 22.4. The number of aromatic amines is 1. The molecule has 0 unspecified atom stereocenters. The van der Waals surface area contributed by atoms with E-state index in [-0.39, 0.29) is 11.2 Å². The van der Waals surface area contributed by atoms with Gasteiger partial charge in [-0.2, -0.15) is 5.26 Å². The zero-order valence-electron chi connectivity index (χ0n) is 21.6. The van der Waals surface area contributed by atoms with Crippen molar-refractivity contribution in [1.82, 2.24) is 9.88 Å². The summed E-state index contributed by atoms with van der Waals surface area (Å²) in [5, 5.41) is 10.3. The number of ether oxygens (including phenoxy) is 1. The van der Waals surface area contributed by atoms with Gasteiger partial charge in [0.15, 0.2) is 5.78 Å². The fourth-order valence-electron chi connectivity index (χ4n) is 6.43. The van der Waals surface area contributed by atoms with Crippen molar-refractivity contribution in [2.45, 2.75) is 57.5 Å². The molecule has 2 fully saturated rings. The number of hydrogen-bond acceptors (Lipinski definition) is 5. The number of aromatic nitrogens is 1. The van der Waals surface area contributed by atoms with E-state index in [0.717, 1.165) is 78.9 Å². The largest absolute Gasteiger partial charge is 0.378 e. The fraction of sp³-hybridized carbons (Fsp3) is 0.467. The lowest BCUT2D eigenvalue weighted by molar-refractivity contribution is -0.0718. The van der Waals surface area contributed by atoms with Gasteiger partial charge in [-0.15, -0.1) is 0 Å². The molecule has 3 heterocycles. The molecule has 1 aliphatic carbocycles. The highest BCUT2D eigenvalue weighted by Gasteiger charge is 2.41. The van der Waals surface area contributed by atoms with Gasteiger partial charge in [0.1, 0.15) is 0 Å². The lowest BCUT2D eigenvalue weighted by Crippen LogP contribution is -2.54. The first-order chi connectivity index (χ1) is 17.3. The quantitative estimate of drug-likeness (QED) is 0.580. The average molecular weight is 483 g/mol. The molecule has 1 N–H and O–H groups in total. The first-order valence-electron chi connectivity index (χ1n) is 13.2. The smallest absolute Gasteiger partial charge is 0.195 e. The van der Waals surface area contributed by atoms with Crippen molar-refractivity contribution in [1.29, 1.82) is 5.26 Å². The first-order valence-corrected chi connectivity index (χ1v) is 13.2. The Balaban J connectivity index is 1.37. The van der Waals surface area contributed by atoms with Crippen molar-refractivity contribution < 1.29 is 9.53 Å². The van der Waals surface area contributed by atoms with Crippen LogP contribution in [0.25, 0.3) is 10.9 Å². The van der Waals surface area contributed by atoms with Crippen LogP contribution in [0, 0.1) is 11.3 Å². The summed E-state index contributed by atoms with van der Waals surface area (Å²) in [5.74, 6) is 0.0829. The highest BCUT2D eigenvalue weighted by Crippen LogP contribution is 2.46. The maximum absolute atomic E-state index is 13.9. The van der Waals surface area contributed by atoms with Gasteiger partial charge in [0.2, 0.25) is 0 Å². The molecule has 0 saturated carbocycles. The molecule has 6 nitrogen and oxygen atoms in total. The van der Waals surface area contributed by atoms with Crippen LogP contribution in [0.3, 0.4) is 0 Å². The van der Waals surface area contributed by atoms with E-state index in [1.54, 1.807) is 6.07 Å². The number of fused-ring (bicyclic) bond motifs is 4. The third-order valence-electron chi connectivity index (χ3n) is 8.87. The highest BCUT2D eigenvalue weighted by atomic mass is 16.5. The maximum Gasteiger partial charge on any atom is 0.195 e. The van der Waals surface area contributed by atoms with E-state index in [4.69, 9.17) is 4.74 Å². The maximum atomic E-state index is 13.9. The molecule has 0 bridgehead atoms. The monoisotopic (exact) mass is 482 g/mol. The number of anilines is 1. The van der Waals surface area contributed by atoms with Crippen LogP contribution in [0.1, 0.15) is 71.9 Å². The van der Waals surface area contributed by atoms with Gasteiger partial charge in [-0.3, -0.25) is 9.69 Å². The molecule has 2 aliphatic heterocycles. The Labute approximate surface area is 212 Å². The fourth-order valence-corrected chi connectivity index (χ4v) is 6.43. The van der Waals surface area contributed by atoms with Crippen LogP contribution in [0.4, 0.5) is 5.69 Å². The topological polar surface area (TPSA) is 72.4 Å². The summed E-state index contributed by atoms with van der Waals surface area (Å²) in [5.41, 5.74) is 7.22. The van der Waals surface area contributed by atoms with Gasteiger partial charge in [-0.1, -0.05) is 26.8 Å². The van der Waals surface area contributed by atoms with Gasteiger partial charge >= 0.3 is 0 Å². The number of H-pyrrole nitrogens is 1. The number of piperidine rings is 1. The van der Waals surface area contributed by atoms with Crippen LogP contribution in [-0.2, 0) is 16.6 Å². The molecule has 0 atom stereocenters. The second-order valence-corrected chi connectivity index (χ2v) is 11.2. The number of aryl methyl sites for hydroxylation is 1. The lowest BCUT2D eigenvalue weighted by Gasteiger charge is -2.44. The van der Waals surface area contributed by atoms with E-state index in [9.17, 15) is 10.1 Å². The number of rotatable bonds is 4. The minimum atomic E-state index is -0.353. The van der Waals surface area contributed by atoms with Gasteiger partial charge in [0, 0.05) is 52.4 Å². The Kier molecular flexibility index (Phi) is 5.47. The van der Waals surface area contributed by atoms with E-state index in [2.05, 4.69) is 60.8 Å². The molecule has 36 heavy (non-hydrogen) atoms. The Morgan fingerprint density at radius 3 is 2.56 bits per heavy atom. The van der Waals surface area contributed by atoms with Crippen molar-refractivity contribution >= 4 is 22.4 Å². The Hall–Kier alpha value is -3.14. The van der Waals surface area contributed by atoms with Gasteiger partial charge < -0.3 is 14.6 Å². The van der Waals surface area contributed by atoms with Crippen molar-refractivity contribution in [3.63, 3.8) is 0 Å². The summed E-state index contributed by atoms with van der Waals surface area (Å²) >= 11 is 0. The summed E-state index contributed by atoms with van der Waals surface area (Å²) in [6.07, 6.45) is 3.17. The zero-order valence-corrected chi connectivity index (χ0v) is 21.6. The van der Waals surface area contributed by atoms with Crippen LogP contribution >= 0.6 is 0 Å². The molecule has 3 aromatic rings. The molecule has 2 aromatic carbocycles. The molecular weight excluding hydrogens is 448 g/mol. The van der Waals surface area contributed by atoms with E-state index in [0.29, 0.717) is 17.6 Å². The Morgan fingerprint density at radius 1 is 1.17 bits per heavy atom. The van der Waals surface area contributed by atoms with E-state index < -0.39 is 0 Å². The SMILES string of the molecule is CCc1cc2c(cc1N1CCC(N(C)C3COC3)CC1)C(C)(C)c1[nH]c3cc(C#N)ccc3c1C2=O. The minimum Gasteiger partial charge on any atom is -0.378 e. The molecular formula is C30H34N4O2. The first kappa shape index (κ1) is 23.3. The predicted molar refractivity (Wildman–Crippen MR) is 142 cm³/mol. The van der Waals surface area contributed by atoms with Crippen LogP contribution in [0.5, 0.6) is 0 Å². The van der Waals surface area contributed by atoms with Gasteiger partial charge in [0.25, 0.3) is 0 Å². The second-order valence-electron chi connectivity index (χ2n) is 11.2. The molecule has 0 amide bonds. The molecule has 1 aromatic heterocycles. The number of carbonyl (C=O) groups excluding carboxylic acids is 1. The van der Waals surface area contributed by atoms with Gasteiger partial charge in [-0.25, -0.2) is 0 Å². The molecule has 6 heteroatoms. The van der Waals surface area contributed by atoms with E-state index >= 15 is 0 Å². The van der Waals surface area contributed by atoms with Crippen molar-refractivity contribution in [3.8, 4) is 6.07 Å². The normalized spacial score (nSPS) is 19.8. The lowest BCUT2D eigenvalue weighted by atomic mass is 9.70. The number of benzene rings is 2. The Morgan fingerprint density at radius 2 is 1.92 bits per heavy atom. The minimum absolute atomic E-state index is 0.0829. The summed E-state index contributed by atoms with van der Waals surface area (Å²) in [6.45, 7) is 10.4. The van der Waals surface area contributed by atoms with E-state index in [1.165, 1.54) is 11.3 Å². The van der Waals surface area contributed by atoms with Crippen LogP contribution in [-0.4, -0.2) is 61.1 Å². The van der Waals surface area contributed by atoms with Gasteiger partial charge in [-0.05, 0) is 61.7 Å². The average Bonchev–Trinajstić information content (AvgIpc) is 3.26. The number of nitrogens with zero attached hydrogens (tertiary/aromatic N) is 3. The summed E-state index contributed by atoms with van der Waals surface area (Å²) < 4.78 is 5.41. The van der Waals surface area contributed by atoms with Crippen LogP contribution in [0.15, 0.2) is 30.3 Å². The summed E-state index contributed by atoms with van der Waals surface area (Å²) in [6, 6.07) is 13.4. The van der Waals surface area contributed by atoms with E-state index in [1.807, 2.05) is 12.1 Å². The number of carbonyl (C=O) groups is 1.